The van der Waals surface area contributed by atoms with Gasteiger partial charge in [-0.3, -0.25) is 4.79 Å². The van der Waals surface area contributed by atoms with Crippen LogP contribution in [0.4, 0.5) is 11.4 Å². The minimum atomic E-state index is 0.104. The Bertz CT molecular complexity index is 430. The number of carbonyl (C=O) groups excluding carboxylic acids is 1. The van der Waals surface area contributed by atoms with Gasteiger partial charge in [-0.2, -0.15) is 0 Å². The molecule has 2 rings (SSSR count). The van der Waals surface area contributed by atoms with Gasteiger partial charge < -0.3 is 21.1 Å². The average molecular weight is 249 g/mol. The monoisotopic (exact) mass is 249 g/mol. The number of hydrogen-bond donors (Lipinski definition) is 3. The van der Waals surface area contributed by atoms with Crippen LogP contribution in [0.1, 0.15) is 19.3 Å². The Morgan fingerprint density at radius 3 is 2.94 bits per heavy atom. The third kappa shape index (κ3) is 3.55. The quantitative estimate of drug-likeness (QED) is 0.665. The van der Waals surface area contributed by atoms with Crippen LogP contribution in [0.15, 0.2) is 18.2 Å². The van der Waals surface area contributed by atoms with Gasteiger partial charge in [0.05, 0.1) is 12.8 Å². The summed E-state index contributed by atoms with van der Waals surface area (Å²) in [6.45, 7) is 0.603. The summed E-state index contributed by atoms with van der Waals surface area (Å²) < 4.78 is 5.13. The van der Waals surface area contributed by atoms with Crippen LogP contribution in [-0.2, 0) is 4.79 Å². The van der Waals surface area contributed by atoms with Crippen molar-refractivity contribution in [3.63, 3.8) is 0 Å². The molecule has 0 aliphatic heterocycles. The zero-order valence-electron chi connectivity index (χ0n) is 10.5. The number of nitrogens with one attached hydrogen (secondary N) is 2. The standard InChI is InChI=1S/C13H19N3O2/c1-18-12-8-10(4-5-11(12)14)15-7-6-13(17)16-9-2-3-9/h4-5,8-9,15H,2-3,6-7,14H2,1H3,(H,16,17). The van der Waals surface area contributed by atoms with Crippen molar-refractivity contribution in [3.05, 3.63) is 18.2 Å². The van der Waals surface area contributed by atoms with E-state index in [1.807, 2.05) is 12.1 Å². The van der Waals surface area contributed by atoms with E-state index in [0.29, 0.717) is 30.4 Å². The molecule has 1 amide bonds. The number of carbonyl (C=O) groups is 1. The fourth-order valence-corrected chi connectivity index (χ4v) is 1.67. The van der Waals surface area contributed by atoms with Crippen molar-refractivity contribution in [3.8, 4) is 5.75 Å². The third-order valence-corrected chi connectivity index (χ3v) is 2.86. The summed E-state index contributed by atoms with van der Waals surface area (Å²) in [5.41, 5.74) is 7.23. The SMILES string of the molecule is COc1cc(NCCC(=O)NC2CC2)ccc1N. The van der Waals surface area contributed by atoms with E-state index >= 15 is 0 Å². The molecule has 0 radical (unpaired) electrons. The van der Waals surface area contributed by atoms with Gasteiger partial charge in [-0.05, 0) is 25.0 Å². The fourth-order valence-electron chi connectivity index (χ4n) is 1.67. The summed E-state index contributed by atoms with van der Waals surface area (Å²) in [4.78, 5) is 11.5. The highest BCUT2D eigenvalue weighted by molar-refractivity contribution is 5.77. The number of methoxy groups -OCH3 is 1. The van der Waals surface area contributed by atoms with E-state index in [-0.39, 0.29) is 5.91 Å². The number of hydrogen-bond acceptors (Lipinski definition) is 4. The first-order chi connectivity index (χ1) is 8.69. The number of nitrogens with two attached hydrogens (primary N) is 1. The first-order valence-corrected chi connectivity index (χ1v) is 6.16. The predicted octanol–water partition coefficient (Wildman–Crippen LogP) is 1.36. The second kappa shape index (κ2) is 5.62. The van der Waals surface area contributed by atoms with E-state index in [1.165, 1.54) is 0 Å². The Morgan fingerprint density at radius 2 is 2.28 bits per heavy atom. The van der Waals surface area contributed by atoms with Crippen molar-refractivity contribution in [1.82, 2.24) is 5.32 Å². The normalized spacial score (nSPS) is 14.1. The summed E-state index contributed by atoms with van der Waals surface area (Å²) in [5.74, 6) is 0.745. The molecule has 1 aliphatic rings. The molecule has 0 atom stereocenters. The second-order valence-corrected chi connectivity index (χ2v) is 4.48. The van der Waals surface area contributed by atoms with Gasteiger partial charge in [0.15, 0.2) is 0 Å². The Kier molecular flexibility index (Phi) is 3.92. The number of nitrogen functional groups attached to an aromatic ring is 1. The molecule has 1 aliphatic carbocycles. The maximum atomic E-state index is 11.5. The van der Waals surface area contributed by atoms with Crippen LogP contribution in [0.2, 0.25) is 0 Å². The molecule has 0 aromatic heterocycles. The molecule has 1 fully saturated rings. The van der Waals surface area contributed by atoms with Gasteiger partial charge in [-0.15, -0.1) is 0 Å². The molecule has 1 aromatic carbocycles. The average Bonchev–Trinajstić information content (AvgIpc) is 3.15. The van der Waals surface area contributed by atoms with Crippen molar-refractivity contribution in [2.75, 3.05) is 24.7 Å². The highest BCUT2D eigenvalue weighted by Crippen LogP contribution is 2.24. The summed E-state index contributed by atoms with van der Waals surface area (Å²) in [5, 5.41) is 6.12. The molecule has 1 aromatic rings. The molecule has 0 unspecified atom stereocenters. The fraction of sp³-hybridized carbons (Fsp3) is 0.462. The summed E-state index contributed by atoms with van der Waals surface area (Å²) in [6, 6.07) is 5.91. The van der Waals surface area contributed by atoms with E-state index in [4.69, 9.17) is 10.5 Å². The zero-order chi connectivity index (χ0) is 13.0. The van der Waals surface area contributed by atoms with Crippen molar-refractivity contribution in [2.45, 2.75) is 25.3 Å². The number of amides is 1. The lowest BCUT2D eigenvalue weighted by Crippen LogP contribution is -2.27. The second-order valence-electron chi connectivity index (χ2n) is 4.48. The van der Waals surface area contributed by atoms with Crippen molar-refractivity contribution >= 4 is 17.3 Å². The van der Waals surface area contributed by atoms with E-state index < -0.39 is 0 Å². The van der Waals surface area contributed by atoms with Gasteiger partial charge >= 0.3 is 0 Å². The van der Waals surface area contributed by atoms with Crippen LogP contribution in [0.5, 0.6) is 5.75 Å². The highest BCUT2D eigenvalue weighted by atomic mass is 16.5. The first-order valence-electron chi connectivity index (χ1n) is 6.16. The van der Waals surface area contributed by atoms with Crippen LogP contribution >= 0.6 is 0 Å². The minimum absolute atomic E-state index is 0.104. The number of anilines is 2. The molecule has 0 heterocycles. The lowest BCUT2D eigenvalue weighted by molar-refractivity contribution is -0.120. The summed E-state index contributed by atoms with van der Waals surface area (Å²) in [6.07, 6.45) is 2.71. The molecular weight excluding hydrogens is 230 g/mol. The summed E-state index contributed by atoms with van der Waals surface area (Å²) >= 11 is 0. The van der Waals surface area contributed by atoms with E-state index in [9.17, 15) is 4.79 Å². The molecule has 5 heteroatoms. The maximum absolute atomic E-state index is 11.5. The Hall–Kier alpha value is -1.91. The smallest absolute Gasteiger partial charge is 0.221 e. The molecule has 0 spiro atoms. The van der Waals surface area contributed by atoms with Gasteiger partial charge in [-0.1, -0.05) is 0 Å². The predicted molar refractivity (Wildman–Crippen MR) is 71.7 cm³/mol. The van der Waals surface area contributed by atoms with Crippen LogP contribution in [0.25, 0.3) is 0 Å². The van der Waals surface area contributed by atoms with Crippen LogP contribution in [0.3, 0.4) is 0 Å². The largest absolute Gasteiger partial charge is 0.495 e. The molecule has 4 N–H and O–H groups in total. The van der Waals surface area contributed by atoms with Gasteiger partial charge in [0.1, 0.15) is 5.75 Å². The Balaban J connectivity index is 1.76. The number of benzene rings is 1. The van der Waals surface area contributed by atoms with Gasteiger partial charge in [0, 0.05) is 30.8 Å². The summed E-state index contributed by atoms with van der Waals surface area (Å²) in [7, 11) is 1.58. The zero-order valence-corrected chi connectivity index (χ0v) is 10.5. The highest BCUT2D eigenvalue weighted by Gasteiger charge is 2.22. The van der Waals surface area contributed by atoms with Crippen molar-refractivity contribution in [1.29, 1.82) is 0 Å². The first kappa shape index (κ1) is 12.5. The molecule has 18 heavy (non-hydrogen) atoms. The lowest BCUT2D eigenvalue weighted by Gasteiger charge is -2.10. The van der Waals surface area contributed by atoms with E-state index in [1.54, 1.807) is 13.2 Å². The van der Waals surface area contributed by atoms with Crippen LogP contribution in [-0.4, -0.2) is 25.6 Å². The minimum Gasteiger partial charge on any atom is -0.495 e. The topological polar surface area (TPSA) is 76.4 Å². The Morgan fingerprint density at radius 1 is 1.50 bits per heavy atom. The van der Waals surface area contributed by atoms with Gasteiger partial charge in [0.25, 0.3) is 0 Å². The van der Waals surface area contributed by atoms with E-state index in [2.05, 4.69) is 10.6 Å². The van der Waals surface area contributed by atoms with Gasteiger partial charge in [0.2, 0.25) is 5.91 Å². The molecule has 98 valence electrons. The molecule has 0 saturated heterocycles. The molecule has 1 saturated carbocycles. The maximum Gasteiger partial charge on any atom is 0.221 e. The molecule has 0 bridgehead atoms. The van der Waals surface area contributed by atoms with Gasteiger partial charge in [-0.25, -0.2) is 0 Å². The number of ether oxygens (including phenoxy) is 1. The van der Waals surface area contributed by atoms with E-state index in [0.717, 1.165) is 18.5 Å². The lowest BCUT2D eigenvalue weighted by atomic mass is 10.2. The Labute approximate surface area is 107 Å². The molecular formula is C13H19N3O2. The van der Waals surface area contributed by atoms with Crippen molar-refractivity contribution < 1.29 is 9.53 Å². The van der Waals surface area contributed by atoms with Crippen LogP contribution in [0, 0.1) is 0 Å². The van der Waals surface area contributed by atoms with Crippen LogP contribution < -0.4 is 21.1 Å². The number of rotatable bonds is 6. The molecule has 5 nitrogen and oxygen atoms in total. The van der Waals surface area contributed by atoms with Crippen molar-refractivity contribution in [2.24, 2.45) is 0 Å². The third-order valence-electron chi connectivity index (χ3n) is 2.86.